The van der Waals surface area contributed by atoms with E-state index in [2.05, 4.69) is 9.73 Å². The van der Waals surface area contributed by atoms with E-state index in [1.807, 2.05) is 0 Å². The monoisotopic (exact) mass is 187 g/mol. The molecule has 7 heteroatoms. The van der Waals surface area contributed by atoms with E-state index in [1.165, 1.54) is 7.05 Å². The van der Waals surface area contributed by atoms with Crippen LogP contribution in [-0.4, -0.2) is 31.3 Å². The summed E-state index contributed by atoms with van der Waals surface area (Å²) in [6.07, 6.45) is 0.881. The standard InChI is InChI=1S/C6H9N3O4/c1-8-3-4(9(11)12)5(7)6(10)13-2/h3H,7H2,1-2H3. The molecule has 72 valence electrons. The summed E-state index contributed by atoms with van der Waals surface area (Å²) < 4.78 is 4.20. The number of hydrogen-bond donors (Lipinski definition) is 1. The number of nitrogens with zero attached hydrogens (tertiary/aromatic N) is 2. The van der Waals surface area contributed by atoms with E-state index in [4.69, 9.17) is 5.73 Å². The molecule has 0 atom stereocenters. The first-order valence-corrected chi connectivity index (χ1v) is 3.19. The molecule has 0 aliphatic carbocycles. The van der Waals surface area contributed by atoms with E-state index in [0.717, 1.165) is 13.3 Å². The van der Waals surface area contributed by atoms with Gasteiger partial charge in [0.2, 0.25) is 0 Å². The summed E-state index contributed by atoms with van der Waals surface area (Å²) in [5.74, 6) is -0.952. The van der Waals surface area contributed by atoms with Gasteiger partial charge in [-0.05, 0) is 0 Å². The van der Waals surface area contributed by atoms with Gasteiger partial charge >= 0.3 is 11.7 Å². The van der Waals surface area contributed by atoms with Crippen molar-refractivity contribution in [3.8, 4) is 0 Å². The summed E-state index contributed by atoms with van der Waals surface area (Å²) in [6, 6.07) is 0. The summed E-state index contributed by atoms with van der Waals surface area (Å²) in [5.41, 5.74) is 3.99. The summed E-state index contributed by atoms with van der Waals surface area (Å²) in [6.45, 7) is 0. The molecule has 0 radical (unpaired) electrons. The highest BCUT2D eigenvalue weighted by Gasteiger charge is 2.20. The van der Waals surface area contributed by atoms with Gasteiger partial charge in [-0.3, -0.25) is 15.1 Å². The topological polar surface area (TPSA) is 108 Å². The summed E-state index contributed by atoms with van der Waals surface area (Å²) >= 11 is 0. The highest BCUT2D eigenvalue weighted by atomic mass is 16.6. The summed E-state index contributed by atoms with van der Waals surface area (Å²) in [4.78, 5) is 23.7. The maximum Gasteiger partial charge on any atom is 0.361 e. The minimum Gasteiger partial charge on any atom is -0.464 e. The fraction of sp³-hybridized carbons (Fsp3) is 0.333. The average Bonchev–Trinajstić information content (AvgIpc) is 2.11. The molecule has 0 fully saturated rings. The van der Waals surface area contributed by atoms with E-state index in [0.29, 0.717) is 0 Å². The smallest absolute Gasteiger partial charge is 0.361 e. The molecule has 0 unspecified atom stereocenters. The number of esters is 1. The largest absolute Gasteiger partial charge is 0.464 e. The van der Waals surface area contributed by atoms with Crippen LogP contribution in [0, 0.1) is 10.1 Å². The summed E-state index contributed by atoms with van der Waals surface area (Å²) in [7, 11) is 2.41. The first-order valence-electron chi connectivity index (χ1n) is 3.19. The molecule has 0 amide bonds. The van der Waals surface area contributed by atoms with Crippen molar-refractivity contribution in [2.24, 2.45) is 10.7 Å². The number of carbonyl (C=O) groups is 1. The van der Waals surface area contributed by atoms with Crippen LogP contribution < -0.4 is 5.73 Å². The first kappa shape index (κ1) is 11.1. The number of ether oxygens (including phenoxy) is 1. The van der Waals surface area contributed by atoms with Crippen molar-refractivity contribution >= 4 is 12.2 Å². The van der Waals surface area contributed by atoms with Crippen LogP contribution in [0.5, 0.6) is 0 Å². The van der Waals surface area contributed by atoms with E-state index in [-0.39, 0.29) is 0 Å². The Kier molecular flexibility index (Phi) is 4.14. The molecule has 0 aromatic carbocycles. The second-order valence-electron chi connectivity index (χ2n) is 1.93. The fourth-order valence-corrected chi connectivity index (χ4v) is 0.552. The Morgan fingerprint density at radius 2 is 2.23 bits per heavy atom. The van der Waals surface area contributed by atoms with Crippen molar-refractivity contribution in [2.75, 3.05) is 14.2 Å². The van der Waals surface area contributed by atoms with Gasteiger partial charge in [-0.2, -0.15) is 0 Å². The molecule has 0 aromatic rings. The minimum absolute atomic E-state index is 0.571. The predicted octanol–water partition coefficient (Wildman–Crippen LogP) is -0.693. The molecule has 0 bridgehead atoms. The highest BCUT2D eigenvalue weighted by molar-refractivity contribution is 5.94. The molecule has 0 saturated carbocycles. The molecule has 0 saturated heterocycles. The van der Waals surface area contributed by atoms with Gasteiger partial charge in [-0.15, -0.1) is 0 Å². The summed E-state index contributed by atoms with van der Waals surface area (Å²) in [5, 5.41) is 10.3. The maximum atomic E-state index is 10.8. The number of methoxy groups -OCH3 is 1. The third-order valence-corrected chi connectivity index (χ3v) is 1.13. The highest BCUT2D eigenvalue weighted by Crippen LogP contribution is 1.99. The van der Waals surface area contributed by atoms with Gasteiger partial charge in [0.25, 0.3) is 0 Å². The third kappa shape index (κ3) is 2.89. The molecule has 7 nitrogen and oxygen atoms in total. The van der Waals surface area contributed by atoms with Crippen molar-refractivity contribution in [3.63, 3.8) is 0 Å². The van der Waals surface area contributed by atoms with Crippen LogP contribution in [0.4, 0.5) is 0 Å². The average molecular weight is 187 g/mol. The first-order chi connectivity index (χ1) is 6.04. The Morgan fingerprint density at radius 1 is 1.69 bits per heavy atom. The molecule has 13 heavy (non-hydrogen) atoms. The molecule has 0 spiro atoms. The zero-order valence-electron chi connectivity index (χ0n) is 7.18. The van der Waals surface area contributed by atoms with E-state index >= 15 is 0 Å². The van der Waals surface area contributed by atoms with Crippen molar-refractivity contribution in [1.82, 2.24) is 0 Å². The van der Waals surface area contributed by atoms with E-state index in [1.54, 1.807) is 0 Å². The van der Waals surface area contributed by atoms with Gasteiger partial charge < -0.3 is 10.5 Å². The van der Waals surface area contributed by atoms with Crippen LogP contribution in [-0.2, 0) is 9.53 Å². The Hall–Kier alpha value is -1.92. The SMILES string of the molecule is CN=CC(=C(N)C(=O)OC)[N+](=O)[O-]. The number of nitro groups is 1. The number of allylic oxidation sites excluding steroid dienone is 1. The van der Waals surface area contributed by atoms with Crippen molar-refractivity contribution in [3.05, 3.63) is 21.5 Å². The van der Waals surface area contributed by atoms with Crippen molar-refractivity contribution < 1.29 is 14.5 Å². The van der Waals surface area contributed by atoms with Gasteiger partial charge in [0, 0.05) is 7.05 Å². The van der Waals surface area contributed by atoms with Crippen LogP contribution in [0.2, 0.25) is 0 Å². The zero-order chi connectivity index (χ0) is 10.4. The number of aliphatic imine (C=N–C) groups is 1. The van der Waals surface area contributed by atoms with E-state index in [9.17, 15) is 14.9 Å². The number of nitrogens with two attached hydrogens (primary N) is 1. The quantitative estimate of drug-likeness (QED) is 0.207. The van der Waals surface area contributed by atoms with Crippen LogP contribution >= 0.6 is 0 Å². The lowest BCUT2D eigenvalue weighted by Gasteiger charge is -1.97. The lowest BCUT2D eigenvalue weighted by Crippen LogP contribution is -2.19. The molecule has 0 rings (SSSR count). The Labute approximate surface area is 74.0 Å². The van der Waals surface area contributed by atoms with Crippen LogP contribution in [0.25, 0.3) is 0 Å². The zero-order valence-corrected chi connectivity index (χ0v) is 7.18. The van der Waals surface area contributed by atoms with Gasteiger partial charge in [-0.1, -0.05) is 0 Å². The molecular weight excluding hydrogens is 178 g/mol. The molecule has 0 aliphatic heterocycles. The van der Waals surface area contributed by atoms with Gasteiger partial charge in [-0.25, -0.2) is 4.79 Å². The van der Waals surface area contributed by atoms with Gasteiger partial charge in [0.1, 0.15) is 6.21 Å². The number of hydrogen-bond acceptors (Lipinski definition) is 6. The Morgan fingerprint density at radius 3 is 2.54 bits per heavy atom. The maximum absolute atomic E-state index is 10.8. The van der Waals surface area contributed by atoms with Crippen molar-refractivity contribution in [1.29, 1.82) is 0 Å². The molecule has 0 aromatic heterocycles. The molecule has 0 heterocycles. The third-order valence-electron chi connectivity index (χ3n) is 1.13. The fourth-order valence-electron chi connectivity index (χ4n) is 0.552. The second-order valence-corrected chi connectivity index (χ2v) is 1.93. The van der Waals surface area contributed by atoms with Gasteiger partial charge in [0.15, 0.2) is 5.70 Å². The molecule has 2 N–H and O–H groups in total. The number of rotatable bonds is 3. The molecular formula is C6H9N3O4. The Balaban J connectivity index is 5.08. The normalized spacial score (nSPS) is 12.5. The Bertz CT molecular complexity index is 282. The van der Waals surface area contributed by atoms with Gasteiger partial charge in [0.05, 0.1) is 12.0 Å². The lowest BCUT2D eigenvalue weighted by molar-refractivity contribution is -0.415. The lowest BCUT2D eigenvalue weighted by atomic mass is 10.3. The van der Waals surface area contributed by atoms with E-state index < -0.39 is 22.3 Å². The van der Waals surface area contributed by atoms with Crippen LogP contribution in [0.1, 0.15) is 0 Å². The van der Waals surface area contributed by atoms with Crippen molar-refractivity contribution in [2.45, 2.75) is 0 Å². The van der Waals surface area contributed by atoms with Crippen LogP contribution in [0.3, 0.4) is 0 Å². The second kappa shape index (κ2) is 4.86. The minimum atomic E-state index is -0.952. The van der Waals surface area contributed by atoms with Crippen LogP contribution in [0.15, 0.2) is 16.4 Å². The number of carbonyl (C=O) groups excluding carboxylic acids is 1. The predicted molar refractivity (Wildman–Crippen MR) is 44.6 cm³/mol. The molecule has 0 aliphatic rings.